The number of aryl methyl sites for hydroxylation is 2. The van der Waals surface area contributed by atoms with Crippen molar-refractivity contribution in [1.82, 2.24) is 10.1 Å². The van der Waals surface area contributed by atoms with Gasteiger partial charge in [-0.3, -0.25) is 4.79 Å². The molecule has 1 saturated heterocycles. The lowest BCUT2D eigenvalue weighted by Crippen LogP contribution is -2.32. The summed E-state index contributed by atoms with van der Waals surface area (Å²) in [4.78, 5) is 14.7. The van der Waals surface area contributed by atoms with Gasteiger partial charge < -0.3 is 9.42 Å². The van der Waals surface area contributed by atoms with Crippen LogP contribution in [0.15, 0.2) is 39.8 Å². The van der Waals surface area contributed by atoms with Gasteiger partial charge in [-0.15, -0.1) is 0 Å². The van der Waals surface area contributed by atoms with Gasteiger partial charge in [0.15, 0.2) is 9.84 Å². The molecule has 1 aromatic carbocycles. The molecule has 2 heterocycles. The fourth-order valence-corrected chi connectivity index (χ4v) is 4.69. The van der Waals surface area contributed by atoms with Crippen LogP contribution in [-0.2, 0) is 14.6 Å². The number of sulfone groups is 1. The molecule has 1 atom stereocenters. The fraction of sp³-hybridized carbons (Fsp3) is 0.444. The van der Waals surface area contributed by atoms with E-state index < -0.39 is 9.84 Å². The van der Waals surface area contributed by atoms with Crippen LogP contribution in [0.4, 0.5) is 0 Å². The average molecular weight is 362 g/mol. The summed E-state index contributed by atoms with van der Waals surface area (Å²) in [6.07, 6.45) is 1.73. The van der Waals surface area contributed by atoms with Crippen molar-refractivity contribution < 1.29 is 17.7 Å². The van der Waals surface area contributed by atoms with Gasteiger partial charge in [-0.1, -0.05) is 23.4 Å². The second-order valence-electron chi connectivity index (χ2n) is 6.36. The number of benzene rings is 1. The fourth-order valence-electron chi connectivity index (χ4n) is 3.44. The van der Waals surface area contributed by atoms with Gasteiger partial charge in [0, 0.05) is 18.5 Å². The van der Waals surface area contributed by atoms with E-state index in [-0.39, 0.29) is 29.0 Å². The first kappa shape index (κ1) is 17.7. The molecule has 1 fully saturated rings. The smallest absolute Gasteiger partial charge is 0.224 e. The van der Waals surface area contributed by atoms with E-state index in [0.717, 1.165) is 29.9 Å². The number of carbonyl (C=O) groups is 1. The van der Waals surface area contributed by atoms with Crippen molar-refractivity contribution in [3.63, 3.8) is 0 Å². The molecular formula is C18H22N2O4S. The van der Waals surface area contributed by atoms with Crippen LogP contribution in [0, 0.1) is 13.8 Å². The molecule has 134 valence electrons. The zero-order valence-electron chi connectivity index (χ0n) is 14.4. The normalized spacial score (nSPS) is 17.8. The van der Waals surface area contributed by atoms with Crippen molar-refractivity contribution >= 4 is 15.7 Å². The molecule has 0 spiro atoms. The van der Waals surface area contributed by atoms with Crippen LogP contribution in [0.5, 0.6) is 0 Å². The maximum absolute atomic E-state index is 12.7. The van der Waals surface area contributed by atoms with Crippen LogP contribution in [0.2, 0.25) is 0 Å². The standard InChI is InChI=1S/C18H22N2O4S/c1-13-18(14(2)24-19-13)16-9-6-11-20(16)17(21)10-12-25(22,23)15-7-4-3-5-8-15/h3-5,7-8,16H,6,9-12H2,1-2H3. The van der Waals surface area contributed by atoms with E-state index in [0.29, 0.717) is 6.54 Å². The van der Waals surface area contributed by atoms with Crippen LogP contribution < -0.4 is 0 Å². The highest BCUT2D eigenvalue weighted by Crippen LogP contribution is 2.35. The molecular weight excluding hydrogens is 340 g/mol. The number of hydrogen-bond acceptors (Lipinski definition) is 5. The zero-order valence-corrected chi connectivity index (χ0v) is 15.3. The highest BCUT2D eigenvalue weighted by molar-refractivity contribution is 7.91. The summed E-state index contributed by atoms with van der Waals surface area (Å²) >= 11 is 0. The summed E-state index contributed by atoms with van der Waals surface area (Å²) in [7, 11) is -3.45. The Hall–Kier alpha value is -2.15. The van der Waals surface area contributed by atoms with Gasteiger partial charge >= 0.3 is 0 Å². The lowest BCUT2D eigenvalue weighted by molar-refractivity contribution is -0.131. The molecule has 6 nitrogen and oxygen atoms in total. The topological polar surface area (TPSA) is 80.5 Å². The van der Waals surface area contributed by atoms with E-state index in [4.69, 9.17) is 4.52 Å². The van der Waals surface area contributed by atoms with Gasteiger partial charge in [0.2, 0.25) is 5.91 Å². The Morgan fingerprint density at radius 2 is 2.00 bits per heavy atom. The van der Waals surface area contributed by atoms with E-state index in [1.165, 1.54) is 0 Å². The van der Waals surface area contributed by atoms with E-state index >= 15 is 0 Å². The lowest BCUT2D eigenvalue weighted by atomic mass is 10.0. The summed E-state index contributed by atoms with van der Waals surface area (Å²) in [5, 5.41) is 3.97. The molecule has 1 aliphatic rings. The van der Waals surface area contributed by atoms with Gasteiger partial charge in [-0.05, 0) is 38.8 Å². The predicted octanol–water partition coefficient (Wildman–Crippen LogP) is 2.82. The van der Waals surface area contributed by atoms with Crippen LogP contribution in [0.1, 0.15) is 42.3 Å². The van der Waals surface area contributed by atoms with Gasteiger partial charge in [-0.2, -0.15) is 0 Å². The quantitative estimate of drug-likeness (QED) is 0.817. The highest BCUT2D eigenvalue weighted by Gasteiger charge is 2.34. The van der Waals surface area contributed by atoms with Crippen molar-refractivity contribution in [2.75, 3.05) is 12.3 Å². The van der Waals surface area contributed by atoms with Crippen LogP contribution in [0.25, 0.3) is 0 Å². The summed E-state index contributed by atoms with van der Waals surface area (Å²) in [5.41, 5.74) is 1.75. The highest BCUT2D eigenvalue weighted by atomic mass is 32.2. The largest absolute Gasteiger partial charge is 0.361 e. The number of nitrogens with zero attached hydrogens (tertiary/aromatic N) is 2. The summed E-state index contributed by atoms with van der Waals surface area (Å²) in [6, 6.07) is 8.18. The number of carbonyl (C=O) groups excluding carboxylic acids is 1. The van der Waals surface area contributed by atoms with Crippen LogP contribution in [0.3, 0.4) is 0 Å². The summed E-state index contributed by atoms with van der Waals surface area (Å²) in [5.74, 6) is 0.404. The van der Waals surface area contributed by atoms with Gasteiger partial charge in [0.05, 0.1) is 22.4 Å². The molecule has 7 heteroatoms. The zero-order chi connectivity index (χ0) is 18.0. The molecule has 0 N–H and O–H groups in total. The number of likely N-dealkylation sites (tertiary alicyclic amines) is 1. The van der Waals surface area contributed by atoms with Crippen molar-refractivity contribution in [1.29, 1.82) is 0 Å². The molecule has 1 unspecified atom stereocenters. The van der Waals surface area contributed by atoms with E-state index in [1.54, 1.807) is 35.2 Å². The Labute approximate surface area is 147 Å². The van der Waals surface area contributed by atoms with Crippen molar-refractivity contribution in [2.45, 2.75) is 44.0 Å². The first-order valence-corrected chi connectivity index (χ1v) is 10.1. The minimum absolute atomic E-state index is 0.0168. The predicted molar refractivity (Wildman–Crippen MR) is 92.8 cm³/mol. The third-order valence-electron chi connectivity index (χ3n) is 4.68. The summed E-state index contributed by atoms with van der Waals surface area (Å²) in [6.45, 7) is 4.35. The molecule has 0 aliphatic carbocycles. The Balaban J connectivity index is 1.71. The second-order valence-corrected chi connectivity index (χ2v) is 8.47. The third-order valence-corrected chi connectivity index (χ3v) is 6.41. The number of aromatic nitrogens is 1. The van der Waals surface area contributed by atoms with Crippen molar-refractivity contribution in [3.05, 3.63) is 47.3 Å². The van der Waals surface area contributed by atoms with E-state index in [9.17, 15) is 13.2 Å². The second kappa shape index (κ2) is 7.00. The molecule has 3 rings (SSSR count). The maximum Gasteiger partial charge on any atom is 0.224 e. The van der Waals surface area contributed by atoms with Crippen LogP contribution in [-0.4, -0.2) is 36.7 Å². The number of hydrogen-bond donors (Lipinski definition) is 0. The Kier molecular flexibility index (Phi) is 4.94. The van der Waals surface area contributed by atoms with Gasteiger partial charge in [0.25, 0.3) is 0 Å². The maximum atomic E-state index is 12.7. The average Bonchev–Trinajstić information content (AvgIpc) is 3.20. The minimum Gasteiger partial charge on any atom is -0.361 e. The van der Waals surface area contributed by atoms with Gasteiger partial charge in [-0.25, -0.2) is 8.42 Å². The first-order valence-electron chi connectivity index (χ1n) is 8.40. The van der Waals surface area contributed by atoms with Crippen LogP contribution >= 0.6 is 0 Å². The minimum atomic E-state index is -3.45. The Morgan fingerprint density at radius 1 is 1.28 bits per heavy atom. The van der Waals surface area contributed by atoms with E-state index in [2.05, 4.69) is 5.16 Å². The van der Waals surface area contributed by atoms with Crippen molar-refractivity contribution in [2.24, 2.45) is 0 Å². The molecule has 1 aromatic heterocycles. The number of amides is 1. The molecule has 0 bridgehead atoms. The molecule has 0 radical (unpaired) electrons. The molecule has 1 aliphatic heterocycles. The Morgan fingerprint density at radius 3 is 2.64 bits per heavy atom. The monoisotopic (exact) mass is 362 g/mol. The lowest BCUT2D eigenvalue weighted by Gasteiger charge is -2.24. The Bertz CT molecular complexity index is 839. The van der Waals surface area contributed by atoms with E-state index in [1.807, 2.05) is 13.8 Å². The molecule has 0 saturated carbocycles. The molecule has 1 amide bonds. The molecule has 2 aromatic rings. The van der Waals surface area contributed by atoms with Gasteiger partial charge in [0.1, 0.15) is 5.76 Å². The summed E-state index contributed by atoms with van der Waals surface area (Å²) < 4.78 is 30.0. The third kappa shape index (κ3) is 3.61. The first-order chi connectivity index (χ1) is 11.9. The molecule has 25 heavy (non-hydrogen) atoms. The van der Waals surface area contributed by atoms with Crippen molar-refractivity contribution in [3.8, 4) is 0 Å². The number of rotatable bonds is 5. The SMILES string of the molecule is Cc1noc(C)c1C1CCCN1C(=O)CCS(=O)(=O)c1ccccc1.